The van der Waals surface area contributed by atoms with Gasteiger partial charge in [-0.05, 0) is 46.6 Å². The highest BCUT2D eigenvalue weighted by molar-refractivity contribution is 5.69. The van der Waals surface area contributed by atoms with Crippen LogP contribution in [0.15, 0.2) is 0 Å². The molecule has 0 fully saturated rings. The zero-order valence-corrected chi connectivity index (χ0v) is 20.5. The summed E-state index contributed by atoms with van der Waals surface area (Å²) in [6.45, 7) is 10.9. The Morgan fingerprint density at radius 3 is 1.62 bits per heavy atom. The van der Waals surface area contributed by atoms with E-state index in [1.54, 1.807) is 20.8 Å². The molecule has 0 saturated heterocycles. The van der Waals surface area contributed by atoms with Crippen LogP contribution in [0.2, 0.25) is 0 Å². The van der Waals surface area contributed by atoms with Crippen LogP contribution in [0.1, 0.15) is 79.6 Å². The molecule has 0 aliphatic heterocycles. The molecule has 0 atom stereocenters. The highest BCUT2D eigenvalue weighted by Crippen LogP contribution is 2.22. The van der Waals surface area contributed by atoms with Gasteiger partial charge < -0.3 is 35.9 Å². The Hall–Kier alpha value is -2.23. The van der Waals surface area contributed by atoms with E-state index in [-0.39, 0.29) is 19.8 Å². The monoisotopic (exact) mass is 460 g/mol. The number of carbonyl (C=O) groups excluding carboxylic acids is 3. The van der Waals surface area contributed by atoms with E-state index in [1.807, 2.05) is 13.8 Å². The fraction of sp³-hybridized carbons (Fsp3) is 0.864. The Bertz CT molecular complexity index is 523. The Kier molecular flexibility index (Phi) is 15.3. The Labute approximate surface area is 192 Å². The molecule has 32 heavy (non-hydrogen) atoms. The van der Waals surface area contributed by atoms with Crippen LogP contribution in [0.5, 0.6) is 0 Å². The van der Waals surface area contributed by atoms with Crippen molar-refractivity contribution in [2.24, 2.45) is 5.73 Å². The molecule has 0 aliphatic rings. The molecular formula is C22H44N4O6. The molecule has 0 aromatic carbocycles. The van der Waals surface area contributed by atoms with E-state index in [9.17, 15) is 14.4 Å². The van der Waals surface area contributed by atoms with Crippen molar-refractivity contribution in [1.29, 1.82) is 0 Å². The first kappa shape index (κ1) is 29.8. The number of rotatable bonds is 15. The maximum absolute atomic E-state index is 12.5. The van der Waals surface area contributed by atoms with Crippen LogP contribution in [0.25, 0.3) is 0 Å². The molecule has 0 bridgehead atoms. The molecule has 0 rings (SSSR count). The largest absolute Gasteiger partial charge is 0.449 e. The maximum atomic E-state index is 12.5. The fourth-order valence-electron chi connectivity index (χ4n) is 2.87. The van der Waals surface area contributed by atoms with E-state index >= 15 is 0 Å². The van der Waals surface area contributed by atoms with E-state index in [0.717, 1.165) is 25.7 Å². The molecule has 0 aromatic rings. The van der Waals surface area contributed by atoms with Crippen molar-refractivity contribution in [2.75, 3.05) is 32.8 Å². The minimum atomic E-state index is -0.857. The van der Waals surface area contributed by atoms with Crippen LogP contribution in [0.4, 0.5) is 14.4 Å². The van der Waals surface area contributed by atoms with E-state index in [0.29, 0.717) is 32.4 Å². The van der Waals surface area contributed by atoms with Crippen molar-refractivity contribution in [3.63, 3.8) is 0 Å². The number of hydrogen-bond acceptors (Lipinski definition) is 7. The van der Waals surface area contributed by atoms with E-state index in [2.05, 4.69) is 16.0 Å². The molecule has 0 unspecified atom stereocenters. The van der Waals surface area contributed by atoms with Crippen LogP contribution in [0, 0.1) is 0 Å². The number of carbonyl (C=O) groups is 3. The smallest absolute Gasteiger partial charge is 0.408 e. The van der Waals surface area contributed by atoms with Gasteiger partial charge >= 0.3 is 18.3 Å². The lowest BCUT2D eigenvalue weighted by Crippen LogP contribution is -2.52. The minimum Gasteiger partial charge on any atom is -0.449 e. The van der Waals surface area contributed by atoms with Gasteiger partial charge in [-0.25, -0.2) is 14.4 Å². The molecule has 10 heteroatoms. The van der Waals surface area contributed by atoms with Crippen molar-refractivity contribution in [2.45, 2.75) is 90.7 Å². The summed E-state index contributed by atoms with van der Waals surface area (Å²) in [6, 6.07) is 0. The van der Waals surface area contributed by atoms with Crippen molar-refractivity contribution in [3.05, 3.63) is 0 Å². The molecule has 10 nitrogen and oxygen atoms in total. The van der Waals surface area contributed by atoms with Crippen molar-refractivity contribution >= 4 is 18.3 Å². The third-order valence-electron chi connectivity index (χ3n) is 4.62. The molecule has 3 amide bonds. The number of amides is 3. The van der Waals surface area contributed by atoms with Gasteiger partial charge in [-0.2, -0.15) is 0 Å². The zero-order valence-electron chi connectivity index (χ0n) is 20.5. The number of nitrogens with one attached hydrogen (secondary N) is 3. The molecule has 0 aliphatic carbocycles. The Balaban J connectivity index is 5.01. The SMILES string of the molecule is CCCCNC(=O)OCCC(CCN)(CCOC(=O)NCCCC)NC(=O)OC(C)(C)C. The molecule has 0 heterocycles. The van der Waals surface area contributed by atoms with E-state index in [4.69, 9.17) is 19.9 Å². The van der Waals surface area contributed by atoms with Gasteiger partial charge in [0.1, 0.15) is 5.60 Å². The molecule has 0 saturated carbocycles. The molecule has 0 spiro atoms. The molecule has 5 N–H and O–H groups in total. The molecule has 0 radical (unpaired) electrons. The van der Waals surface area contributed by atoms with E-state index in [1.165, 1.54) is 0 Å². The lowest BCUT2D eigenvalue weighted by molar-refractivity contribution is 0.0392. The number of ether oxygens (including phenoxy) is 3. The van der Waals surface area contributed by atoms with Crippen molar-refractivity contribution in [1.82, 2.24) is 16.0 Å². The van der Waals surface area contributed by atoms with Gasteiger partial charge in [0.2, 0.25) is 0 Å². The van der Waals surface area contributed by atoms with Gasteiger partial charge in [-0.15, -0.1) is 0 Å². The van der Waals surface area contributed by atoms with Gasteiger partial charge in [0, 0.05) is 25.9 Å². The summed E-state index contributed by atoms with van der Waals surface area (Å²) in [5.74, 6) is 0. The molecule has 0 aromatic heterocycles. The van der Waals surface area contributed by atoms with E-state index < -0.39 is 29.4 Å². The number of hydrogen-bond donors (Lipinski definition) is 4. The zero-order chi connectivity index (χ0) is 24.5. The quantitative estimate of drug-likeness (QED) is 0.217. The third kappa shape index (κ3) is 15.6. The van der Waals surface area contributed by atoms with Gasteiger partial charge in [0.25, 0.3) is 0 Å². The van der Waals surface area contributed by atoms with Gasteiger partial charge in [-0.1, -0.05) is 26.7 Å². The summed E-state index contributed by atoms with van der Waals surface area (Å²) < 4.78 is 15.9. The minimum absolute atomic E-state index is 0.0659. The van der Waals surface area contributed by atoms with Crippen LogP contribution in [-0.4, -0.2) is 62.3 Å². The first-order valence-corrected chi connectivity index (χ1v) is 11.6. The van der Waals surface area contributed by atoms with Crippen LogP contribution >= 0.6 is 0 Å². The highest BCUT2D eigenvalue weighted by Gasteiger charge is 2.33. The van der Waals surface area contributed by atoms with Gasteiger partial charge in [-0.3, -0.25) is 0 Å². The first-order valence-electron chi connectivity index (χ1n) is 11.6. The number of alkyl carbamates (subject to hydrolysis) is 3. The van der Waals surface area contributed by atoms with Gasteiger partial charge in [0.15, 0.2) is 0 Å². The second-order valence-corrected chi connectivity index (χ2v) is 8.78. The Morgan fingerprint density at radius 1 is 0.781 bits per heavy atom. The summed E-state index contributed by atoms with van der Waals surface area (Å²) in [6.07, 6.45) is 3.02. The van der Waals surface area contributed by atoms with Crippen LogP contribution < -0.4 is 21.7 Å². The fourth-order valence-corrected chi connectivity index (χ4v) is 2.87. The summed E-state index contributed by atoms with van der Waals surface area (Å²) in [5, 5.41) is 8.24. The summed E-state index contributed by atoms with van der Waals surface area (Å²) >= 11 is 0. The van der Waals surface area contributed by atoms with Gasteiger partial charge in [0.05, 0.1) is 18.8 Å². The number of nitrogens with two attached hydrogens (primary N) is 1. The average molecular weight is 461 g/mol. The summed E-state index contributed by atoms with van der Waals surface area (Å²) in [4.78, 5) is 36.2. The predicted molar refractivity (Wildman–Crippen MR) is 124 cm³/mol. The number of unbranched alkanes of at least 4 members (excludes halogenated alkanes) is 2. The normalized spacial score (nSPS) is 11.4. The molecular weight excluding hydrogens is 416 g/mol. The topological polar surface area (TPSA) is 141 Å². The summed E-state index contributed by atoms with van der Waals surface area (Å²) in [5.41, 5.74) is 4.28. The highest BCUT2D eigenvalue weighted by atomic mass is 16.6. The lowest BCUT2D eigenvalue weighted by Gasteiger charge is -2.35. The summed E-state index contributed by atoms with van der Waals surface area (Å²) in [7, 11) is 0. The standard InChI is InChI=1S/C22H44N4O6/c1-6-8-14-24-18(27)30-16-11-22(10-13-23,26-20(29)32-21(3,4)5)12-17-31-19(28)25-15-9-7-2/h6-17,23H2,1-5H3,(H,24,27)(H,25,28)(H,26,29). The average Bonchev–Trinajstić information content (AvgIpc) is 2.67. The first-order chi connectivity index (χ1) is 15.1. The Morgan fingerprint density at radius 2 is 1.25 bits per heavy atom. The van der Waals surface area contributed by atoms with Crippen LogP contribution in [-0.2, 0) is 14.2 Å². The van der Waals surface area contributed by atoms with Crippen LogP contribution in [0.3, 0.4) is 0 Å². The predicted octanol–water partition coefficient (Wildman–Crippen LogP) is 3.43. The molecule has 188 valence electrons. The van der Waals surface area contributed by atoms with Crippen molar-refractivity contribution < 1.29 is 28.6 Å². The van der Waals surface area contributed by atoms with Crippen molar-refractivity contribution in [3.8, 4) is 0 Å². The second-order valence-electron chi connectivity index (χ2n) is 8.78. The maximum Gasteiger partial charge on any atom is 0.408 e. The second kappa shape index (κ2) is 16.4. The third-order valence-corrected chi connectivity index (χ3v) is 4.62. The lowest BCUT2D eigenvalue weighted by atomic mass is 9.88.